The molecule has 0 bridgehead atoms. The molecule has 1 aromatic carbocycles. The second kappa shape index (κ2) is 6.75. The van der Waals surface area contributed by atoms with E-state index in [-0.39, 0.29) is 11.5 Å². The Morgan fingerprint density at radius 1 is 1.20 bits per heavy atom. The number of nitrogens with zero attached hydrogens (tertiary/aromatic N) is 3. The summed E-state index contributed by atoms with van der Waals surface area (Å²) in [6, 6.07) is 3.07. The molecule has 3 rings (SSSR count). The smallest absolute Gasteiger partial charge is 0.278 e. The molecule has 8 nitrogen and oxygen atoms in total. The predicted octanol–water partition coefficient (Wildman–Crippen LogP) is 1.26. The number of hydrogen-bond donors (Lipinski definition) is 2. The van der Waals surface area contributed by atoms with Gasteiger partial charge in [-0.2, -0.15) is 5.21 Å². The van der Waals surface area contributed by atoms with E-state index in [9.17, 15) is 22.0 Å². The largest absolute Gasteiger partial charge is 0.337 e. The van der Waals surface area contributed by atoms with Gasteiger partial charge >= 0.3 is 0 Å². The van der Waals surface area contributed by atoms with Gasteiger partial charge in [-0.05, 0) is 25.0 Å². The number of likely N-dealkylation sites (tertiary alicyclic amines) is 1. The summed E-state index contributed by atoms with van der Waals surface area (Å²) < 4.78 is 53.8. The Labute approximate surface area is 142 Å². The van der Waals surface area contributed by atoms with Gasteiger partial charge in [-0.1, -0.05) is 6.07 Å². The normalized spacial score (nSPS) is 14.7. The first-order valence-electron chi connectivity index (χ1n) is 7.51. The molecule has 1 amide bonds. The number of sulfonamides is 1. The second-order valence-electron chi connectivity index (χ2n) is 5.58. The average molecular weight is 371 g/mol. The van der Waals surface area contributed by atoms with Crippen LogP contribution in [0.15, 0.2) is 18.2 Å². The lowest BCUT2D eigenvalue weighted by Crippen LogP contribution is -2.29. The number of nitrogens with one attached hydrogen (secondary N) is 2. The van der Waals surface area contributed by atoms with Crippen LogP contribution in [0.25, 0.3) is 0 Å². The summed E-state index contributed by atoms with van der Waals surface area (Å²) in [4.78, 5) is 13.9. The number of amides is 1. The summed E-state index contributed by atoms with van der Waals surface area (Å²) in [6.45, 7) is 1.11. The number of rotatable bonds is 5. The maximum atomic E-state index is 13.6. The van der Waals surface area contributed by atoms with Crippen molar-refractivity contribution in [3.63, 3.8) is 0 Å². The van der Waals surface area contributed by atoms with Gasteiger partial charge in [-0.25, -0.2) is 17.2 Å². The topological polar surface area (TPSA) is 108 Å². The Hall–Kier alpha value is -2.56. The summed E-state index contributed by atoms with van der Waals surface area (Å²) >= 11 is 0. The minimum atomic E-state index is -4.21. The summed E-state index contributed by atoms with van der Waals surface area (Å²) in [5.74, 6) is -3.64. The van der Waals surface area contributed by atoms with Crippen LogP contribution in [0.5, 0.6) is 0 Å². The zero-order valence-corrected chi connectivity index (χ0v) is 13.8. The van der Waals surface area contributed by atoms with Crippen molar-refractivity contribution in [2.75, 3.05) is 17.8 Å². The third-order valence-corrected chi connectivity index (χ3v) is 4.97. The van der Waals surface area contributed by atoms with Gasteiger partial charge in [0.1, 0.15) is 17.4 Å². The number of H-pyrrole nitrogens is 1. The van der Waals surface area contributed by atoms with Gasteiger partial charge in [-0.15, -0.1) is 10.2 Å². The predicted molar refractivity (Wildman–Crippen MR) is 84.1 cm³/mol. The van der Waals surface area contributed by atoms with Crippen molar-refractivity contribution < 1.29 is 22.0 Å². The van der Waals surface area contributed by atoms with E-state index >= 15 is 0 Å². The standard InChI is InChI=1S/C14H15F2N5O3S/c15-10-4-3-5-11(16)9(10)8-25(23,24)19-13-12(17-20-18-13)14(22)21-6-1-2-7-21/h3-5H,1-2,6-8H2,(H2,17,18,19,20). The van der Waals surface area contributed by atoms with Crippen molar-refractivity contribution in [3.8, 4) is 0 Å². The molecule has 0 atom stereocenters. The first kappa shape index (κ1) is 17.3. The van der Waals surface area contributed by atoms with Crippen LogP contribution >= 0.6 is 0 Å². The Kier molecular flexibility index (Phi) is 4.66. The molecular weight excluding hydrogens is 356 g/mol. The maximum absolute atomic E-state index is 13.6. The third-order valence-electron chi connectivity index (χ3n) is 3.79. The lowest BCUT2D eigenvalue weighted by Gasteiger charge is -2.14. The maximum Gasteiger partial charge on any atom is 0.278 e. The number of carbonyl (C=O) groups is 1. The van der Waals surface area contributed by atoms with E-state index in [1.54, 1.807) is 0 Å². The Morgan fingerprint density at radius 2 is 1.84 bits per heavy atom. The summed E-state index contributed by atoms with van der Waals surface area (Å²) in [6.07, 6.45) is 1.72. The number of halogens is 2. The van der Waals surface area contributed by atoms with Crippen molar-refractivity contribution >= 4 is 21.7 Å². The number of hydrogen-bond acceptors (Lipinski definition) is 5. The molecule has 2 heterocycles. The molecule has 0 aliphatic carbocycles. The van der Waals surface area contributed by atoms with Crippen LogP contribution in [0.2, 0.25) is 0 Å². The van der Waals surface area contributed by atoms with Gasteiger partial charge in [0.15, 0.2) is 11.5 Å². The van der Waals surface area contributed by atoms with E-state index in [0.29, 0.717) is 13.1 Å². The molecule has 0 radical (unpaired) electrons. The van der Waals surface area contributed by atoms with Crippen LogP contribution in [-0.4, -0.2) is 47.7 Å². The lowest BCUT2D eigenvalue weighted by atomic mass is 10.2. The minimum absolute atomic E-state index is 0.181. The highest BCUT2D eigenvalue weighted by Gasteiger charge is 2.27. The number of carbonyl (C=O) groups excluding carboxylic acids is 1. The highest BCUT2D eigenvalue weighted by atomic mass is 32.2. The van der Waals surface area contributed by atoms with Crippen molar-refractivity contribution in [1.82, 2.24) is 20.3 Å². The van der Waals surface area contributed by atoms with Gasteiger partial charge in [0.2, 0.25) is 10.0 Å². The molecule has 2 aromatic rings. The molecule has 0 unspecified atom stereocenters. The van der Waals surface area contributed by atoms with Crippen molar-refractivity contribution in [2.45, 2.75) is 18.6 Å². The van der Waals surface area contributed by atoms with E-state index in [1.165, 1.54) is 4.90 Å². The number of aromatic nitrogens is 3. The number of aromatic amines is 1. The van der Waals surface area contributed by atoms with Crippen LogP contribution in [0, 0.1) is 11.6 Å². The van der Waals surface area contributed by atoms with Crippen LogP contribution in [-0.2, 0) is 15.8 Å². The van der Waals surface area contributed by atoms with E-state index in [0.717, 1.165) is 31.0 Å². The zero-order chi connectivity index (χ0) is 18.0. The van der Waals surface area contributed by atoms with Gasteiger partial charge in [0.25, 0.3) is 5.91 Å². The first-order chi connectivity index (χ1) is 11.9. The van der Waals surface area contributed by atoms with Gasteiger partial charge in [0, 0.05) is 18.7 Å². The molecular formula is C14H15F2N5O3S. The number of benzene rings is 1. The molecule has 1 aliphatic rings. The van der Waals surface area contributed by atoms with E-state index in [4.69, 9.17) is 0 Å². The summed E-state index contributed by atoms with van der Waals surface area (Å²) in [5.41, 5.74) is -0.773. The fourth-order valence-electron chi connectivity index (χ4n) is 2.56. The Bertz CT molecular complexity index is 873. The van der Waals surface area contributed by atoms with E-state index in [2.05, 4.69) is 20.1 Å². The first-order valence-corrected chi connectivity index (χ1v) is 9.16. The lowest BCUT2D eigenvalue weighted by molar-refractivity contribution is 0.0788. The van der Waals surface area contributed by atoms with Crippen LogP contribution in [0.3, 0.4) is 0 Å². The number of anilines is 1. The highest BCUT2D eigenvalue weighted by Crippen LogP contribution is 2.20. The van der Waals surface area contributed by atoms with Crippen molar-refractivity contribution in [2.24, 2.45) is 0 Å². The van der Waals surface area contributed by atoms with Gasteiger partial charge in [-0.3, -0.25) is 9.52 Å². The van der Waals surface area contributed by atoms with Crippen LogP contribution in [0.1, 0.15) is 28.9 Å². The molecule has 25 heavy (non-hydrogen) atoms. The molecule has 2 N–H and O–H groups in total. The minimum Gasteiger partial charge on any atom is -0.337 e. The quantitative estimate of drug-likeness (QED) is 0.823. The van der Waals surface area contributed by atoms with Gasteiger partial charge in [0.05, 0.1) is 0 Å². The third kappa shape index (κ3) is 3.76. The molecule has 1 saturated heterocycles. The second-order valence-corrected chi connectivity index (χ2v) is 7.30. The molecule has 1 aliphatic heterocycles. The van der Waals surface area contributed by atoms with Crippen molar-refractivity contribution in [1.29, 1.82) is 0 Å². The molecule has 11 heteroatoms. The van der Waals surface area contributed by atoms with E-state index < -0.39 is 38.9 Å². The molecule has 1 fully saturated rings. The molecule has 0 saturated carbocycles. The fraction of sp³-hybridized carbons (Fsp3) is 0.357. The Morgan fingerprint density at radius 3 is 2.48 bits per heavy atom. The van der Waals surface area contributed by atoms with Crippen LogP contribution < -0.4 is 4.72 Å². The monoisotopic (exact) mass is 371 g/mol. The summed E-state index contributed by atoms with van der Waals surface area (Å²) in [7, 11) is -4.21. The Balaban J connectivity index is 1.80. The fourth-order valence-corrected chi connectivity index (χ4v) is 3.73. The SMILES string of the molecule is O=C(c1n[nH]nc1NS(=O)(=O)Cc1c(F)cccc1F)N1CCCC1. The molecule has 134 valence electrons. The zero-order valence-electron chi connectivity index (χ0n) is 13.0. The highest BCUT2D eigenvalue weighted by molar-refractivity contribution is 7.91. The summed E-state index contributed by atoms with van der Waals surface area (Å²) in [5, 5.41) is 9.49. The van der Waals surface area contributed by atoms with Crippen molar-refractivity contribution in [3.05, 3.63) is 41.1 Å². The van der Waals surface area contributed by atoms with Gasteiger partial charge < -0.3 is 4.90 Å². The van der Waals surface area contributed by atoms with Crippen LogP contribution in [0.4, 0.5) is 14.6 Å². The molecule has 0 spiro atoms. The molecule has 1 aromatic heterocycles. The van der Waals surface area contributed by atoms with E-state index in [1.807, 2.05) is 0 Å². The average Bonchev–Trinajstić information content (AvgIpc) is 3.21.